The van der Waals surface area contributed by atoms with Gasteiger partial charge in [0.05, 0.1) is 11.1 Å². The lowest BCUT2D eigenvalue weighted by Crippen LogP contribution is -1.93. The number of aliphatic hydroxyl groups excluding tert-OH is 1. The van der Waals surface area contributed by atoms with Crippen LogP contribution in [0, 0.1) is 6.92 Å². The van der Waals surface area contributed by atoms with E-state index in [2.05, 4.69) is 15.9 Å². The summed E-state index contributed by atoms with van der Waals surface area (Å²) in [7, 11) is 0. The molecule has 0 aliphatic carbocycles. The molecule has 0 spiro atoms. The fourth-order valence-electron chi connectivity index (χ4n) is 1.06. The van der Waals surface area contributed by atoms with Gasteiger partial charge in [0, 0.05) is 10.0 Å². The first-order valence-electron chi connectivity index (χ1n) is 3.66. The molecule has 12 heavy (non-hydrogen) atoms. The third-order valence-electron chi connectivity index (χ3n) is 1.65. The summed E-state index contributed by atoms with van der Waals surface area (Å²) in [6, 6.07) is 3.81. The van der Waals surface area contributed by atoms with Crippen molar-refractivity contribution in [1.29, 1.82) is 0 Å². The summed E-state index contributed by atoms with van der Waals surface area (Å²) in [5, 5.41) is 9.94. The van der Waals surface area contributed by atoms with Gasteiger partial charge in [-0.1, -0.05) is 17.7 Å². The molecule has 0 radical (unpaired) electrons. The third kappa shape index (κ3) is 2.00. The van der Waals surface area contributed by atoms with Crippen LogP contribution in [0.15, 0.2) is 16.6 Å². The smallest absolute Gasteiger partial charge is 0.0776 e. The molecule has 1 N–H and O–H groups in total. The second-order valence-electron chi connectivity index (χ2n) is 2.83. The molecule has 1 aromatic rings. The molecule has 66 valence electrons. The standard InChI is InChI=1S/C9H10BrClO/c1-5-3-7(6(2)12)9(11)8(10)4-5/h3-4,6,12H,1-2H3. The molecule has 0 bridgehead atoms. The molecule has 0 aliphatic rings. The first kappa shape index (κ1) is 10.0. The van der Waals surface area contributed by atoms with Crippen LogP contribution in [0.1, 0.15) is 24.2 Å². The van der Waals surface area contributed by atoms with Crippen LogP contribution in [0.3, 0.4) is 0 Å². The molecule has 3 heteroatoms. The van der Waals surface area contributed by atoms with Crippen LogP contribution in [0.5, 0.6) is 0 Å². The maximum absolute atomic E-state index is 9.35. The average molecular weight is 250 g/mol. The maximum atomic E-state index is 9.35. The van der Waals surface area contributed by atoms with Crippen molar-refractivity contribution in [2.24, 2.45) is 0 Å². The van der Waals surface area contributed by atoms with Crippen LogP contribution in [0.2, 0.25) is 5.02 Å². The molecule has 1 atom stereocenters. The molecule has 1 aromatic carbocycles. The van der Waals surface area contributed by atoms with E-state index in [1.54, 1.807) is 6.92 Å². The average Bonchev–Trinajstić information content (AvgIpc) is 1.96. The first-order valence-corrected chi connectivity index (χ1v) is 4.83. The largest absolute Gasteiger partial charge is 0.389 e. The van der Waals surface area contributed by atoms with E-state index < -0.39 is 6.10 Å². The molecule has 0 aromatic heterocycles. The van der Waals surface area contributed by atoms with E-state index in [0.29, 0.717) is 5.02 Å². The van der Waals surface area contributed by atoms with Crippen LogP contribution in [-0.2, 0) is 0 Å². The topological polar surface area (TPSA) is 20.2 Å². The minimum absolute atomic E-state index is 0.520. The molecule has 0 amide bonds. The highest BCUT2D eigenvalue weighted by molar-refractivity contribution is 9.10. The van der Waals surface area contributed by atoms with Crippen molar-refractivity contribution >= 4 is 27.5 Å². The molecular weight excluding hydrogens is 239 g/mol. The third-order valence-corrected chi connectivity index (χ3v) is 2.93. The normalized spacial score (nSPS) is 13.1. The summed E-state index contributed by atoms with van der Waals surface area (Å²) in [6.07, 6.45) is -0.520. The maximum Gasteiger partial charge on any atom is 0.0776 e. The van der Waals surface area contributed by atoms with Crippen molar-refractivity contribution in [3.63, 3.8) is 0 Å². The van der Waals surface area contributed by atoms with Gasteiger partial charge in [-0.2, -0.15) is 0 Å². The molecule has 1 rings (SSSR count). The van der Waals surface area contributed by atoms with Crippen molar-refractivity contribution in [1.82, 2.24) is 0 Å². The predicted molar refractivity (Wildman–Crippen MR) is 54.5 cm³/mol. The minimum Gasteiger partial charge on any atom is -0.389 e. The van der Waals surface area contributed by atoms with Crippen LogP contribution < -0.4 is 0 Å². The van der Waals surface area contributed by atoms with E-state index in [4.69, 9.17) is 11.6 Å². The van der Waals surface area contributed by atoms with Gasteiger partial charge < -0.3 is 5.11 Å². The van der Waals surface area contributed by atoms with Gasteiger partial charge in [-0.15, -0.1) is 0 Å². The summed E-state index contributed by atoms with van der Waals surface area (Å²) < 4.78 is 0.833. The second-order valence-corrected chi connectivity index (χ2v) is 4.06. The Labute approximate surface area is 85.5 Å². The number of hydrogen-bond donors (Lipinski definition) is 1. The van der Waals surface area contributed by atoms with E-state index in [-0.39, 0.29) is 0 Å². The summed E-state index contributed by atoms with van der Waals surface area (Å²) in [5.41, 5.74) is 1.85. The van der Waals surface area contributed by atoms with E-state index in [1.165, 1.54) is 0 Å². The minimum atomic E-state index is -0.520. The molecule has 0 fully saturated rings. The molecule has 1 nitrogen and oxygen atoms in total. The number of aryl methyl sites for hydroxylation is 1. The Morgan fingerprint density at radius 1 is 1.50 bits per heavy atom. The van der Waals surface area contributed by atoms with Gasteiger partial charge in [-0.25, -0.2) is 0 Å². The Hall–Kier alpha value is -0.0500. The fraction of sp³-hybridized carbons (Fsp3) is 0.333. The van der Waals surface area contributed by atoms with Crippen molar-refractivity contribution < 1.29 is 5.11 Å². The zero-order valence-electron chi connectivity index (χ0n) is 6.94. The summed E-state index contributed by atoms with van der Waals surface area (Å²) in [4.78, 5) is 0. The SMILES string of the molecule is Cc1cc(Br)c(Cl)c(C(C)O)c1. The highest BCUT2D eigenvalue weighted by atomic mass is 79.9. The van der Waals surface area contributed by atoms with E-state index in [0.717, 1.165) is 15.6 Å². The Bertz CT molecular complexity index is 297. The van der Waals surface area contributed by atoms with E-state index in [9.17, 15) is 5.11 Å². The Balaban J connectivity index is 3.28. The second kappa shape index (κ2) is 3.77. The van der Waals surface area contributed by atoms with Crippen molar-refractivity contribution in [2.75, 3.05) is 0 Å². The lowest BCUT2D eigenvalue weighted by Gasteiger charge is -2.09. The fourth-order valence-corrected chi connectivity index (χ4v) is 1.91. The highest BCUT2D eigenvalue weighted by Gasteiger charge is 2.09. The van der Waals surface area contributed by atoms with Gasteiger partial charge in [-0.3, -0.25) is 0 Å². The Morgan fingerprint density at radius 3 is 2.58 bits per heavy atom. The molecule has 0 saturated carbocycles. The van der Waals surface area contributed by atoms with Gasteiger partial charge in [0.25, 0.3) is 0 Å². The van der Waals surface area contributed by atoms with Crippen LogP contribution in [0.25, 0.3) is 0 Å². The molecule has 0 saturated heterocycles. The van der Waals surface area contributed by atoms with Crippen LogP contribution >= 0.6 is 27.5 Å². The number of benzene rings is 1. The lowest BCUT2D eigenvalue weighted by molar-refractivity contribution is 0.199. The van der Waals surface area contributed by atoms with Crippen molar-refractivity contribution in [3.8, 4) is 0 Å². The first-order chi connectivity index (χ1) is 5.52. The summed E-state index contributed by atoms with van der Waals surface area (Å²) in [6.45, 7) is 3.67. The number of hydrogen-bond acceptors (Lipinski definition) is 1. The van der Waals surface area contributed by atoms with Crippen molar-refractivity contribution in [2.45, 2.75) is 20.0 Å². The van der Waals surface area contributed by atoms with Gasteiger partial charge in [-0.05, 0) is 41.4 Å². The Kier molecular flexibility index (Phi) is 3.16. The van der Waals surface area contributed by atoms with Gasteiger partial charge in [0.1, 0.15) is 0 Å². The summed E-state index contributed by atoms with van der Waals surface area (Å²) in [5.74, 6) is 0. The number of aliphatic hydroxyl groups is 1. The lowest BCUT2D eigenvalue weighted by atomic mass is 10.1. The van der Waals surface area contributed by atoms with Crippen molar-refractivity contribution in [3.05, 3.63) is 32.8 Å². The van der Waals surface area contributed by atoms with Crippen LogP contribution in [-0.4, -0.2) is 5.11 Å². The van der Waals surface area contributed by atoms with Gasteiger partial charge in [0.15, 0.2) is 0 Å². The highest BCUT2D eigenvalue weighted by Crippen LogP contribution is 2.31. The van der Waals surface area contributed by atoms with E-state index >= 15 is 0 Å². The van der Waals surface area contributed by atoms with E-state index in [1.807, 2.05) is 19.1 Å². The van der Waals surface area contributed by atoms with Gasteiger partial charge >= 0.3 is 0 Å². The molecule has 0 heterocycles. The Morgan fingerprint density at radius 2 is 2.08 bits per heavy atom. The molecule has 1 unspecified atom stereocenters. The van der Waals surface area contributed by atoms with Gasteiger partial charge in [0.2, 0.25) is 0 Å². The predicted octanol–water partition coefficient (Wildman–Crippen LogP) is 3.46. The van der Waals surface area contributed by atoms with Crippen LogP contribution in [0.4, 0.5) is 0 Å². The zero-order chi connectivity index (χ0) is 9.30. The number of halogens is 2. The molecular formula is C9H10BrClO. The zero-order valence-corrected chi connectivity index (χ0v) is 9.28. The molecule has 0 aliphatic heterocycles. The quantitative estimate of drug-likeness (QED) is 0.808. The number of rotatable bonds is 1. The monoisotopic (exact) mass is 248 g/mol. The summed E-state index contributed by atoms with van der Waals surface area (Å²) >= 11 is 9.28.